The molecule has 148 valence electrons. The maximum absolute atomic E-state index is 13.0. The van der Waals surface area contributed by atoms with Crippen molar-refractivity contribution in [1.82, 2.24) is 19.2 Å². The number of likely N-dealkylation sites (tertiary alicyclic amines) is 1. The predicted molar refractivity (Wildman–Crippen MR) is 104 cm³/mol. The van der Waals surface area contributed by atoms with Gasteiger partial charge in [0, 0.05) is 32.8 Å². The molecule has 0 spiro atoms. The first kappa shape index (κ1) is 18.1. The van der Waals surface area contributed by atoms with E-state index in [9.17, 15) is 9.59 Å². The second-order valence-corrected chi connectivity index (χ2v) is 7.09. The minimum absolute atomic E-state index is 0.117. The van der Waals surface area contributed by atoms with Crippen LogP contribution < -0.4 is 15.7 Å². The number of hydrogen-bond acceptors (Lipinski definition) is 5. The van der Waals surface area contributed by atoms with Gasteiger partial charge in [-0.15, -0.1) is 0 Å². The molecule has 3 heterocycles. The fourth-order valence-electron chi connectivity index (χ4n) is 3.84. The van der Waals surface area contributed by atoms with Gasteiger partial charge in [-0.3, -0.25) is 9.13 Å². The van der Waals surface area contributed by atoms with E-state index in [0.29, 0.717) is 23.5 Å². The number of nitrogens with one attached hydrogen (secondary N) is 1. The number of aromatic nitrogens is 3. The number of hydrogen-bond donors (Lipinski definition) is 1. The Bertz CT molecular complexity index is 1110. The van der Waals surface area contributed by atoms with Crippen molar-refractivity contribution in [3.63, 3.8) is 0 Å². The molecule has 0 aliphatic carbocycles. The van der Waals surface area contributed by atoms with Crippen molar-refractivity contribution in [2.75, 3.05) is 19.0 Å². The van der Waals surface area contributed by atoms with Crippen LogP contribution in [0, 0.1) is 6.92 Å². The lowest BCUT2D eigenvalue weighted by molar-refractivity contribution is 0.204. The second kappa shape index (κ2) is 6.74. The van der Waals surface area contributed by atoms with Crippen LogP contribution in [-0.4, -0.2) is 38.9 Å². The van der Waals surface area contributed by atoms with Crippen molar-refractivity contribution in [3.05, 3.63) is 40.1 Å². The standard InChI is InChI=1S/C19H23N5O4/c1-11-8-12(21-28-11)14-6-5-7-24(14)18(25)20-13-9-15-16(10-17(13)27-4)23(3)19(26)22(15)2/h8-10,14H,5-7H2,1-4H3,(H,20,25)/t14-/m0/s1. The van der Waals surface area contributed by atoms with Crippen LogP contribution in [0.4, 0.5) is 10.5 Å². The van der Waals surface area contributed by atoms with E-state index in [1.54, 1.807) is 40.3 Å². The predicted octanol–water partition coefficient (Wildman–Crippen LogP) is 2.55. The van der Waals surface area contributed by atoms with Gasteiger partial charge >= 0.3 is 11.7 Å². The van der Waals surface area contributed by atoms with Crippen molar-refractivity contribution in [1.29, 1.82) is 0 Å². The Balaban J connectivity index is 1.66. The molecule has 0 unspecified atom stereocenters. The van der Waals surface area contributed by atoms with Gasteiger partial charge in [-0.05, 0) is 25.8 Å². The average Bonchev–Trinajstić information content (AvgIpc) is 3.38. The minimum atomic E-state index is -0.235. The van der Waals surface area contributed by atoms with Crippen LogP contribution in [0.15, 0.2) is 27.5 Å². The SMILES string of the molecule is COc1cc2c(cc1NC(=O)N1CCC[C@H]1c1cc(C)on1)n(C)c(=O)n2C. The van der Waals surface area contributed by atoms with E-state index in [4.69, 9.17) is 9.26 Å². The normalized spacial score (nSPS) is 16.7. The fourth-order valence-corrected chi connectivity index (χ4v) is 3.84. The second-order valence-electron chi connectivity index (χ2n) is 7.09. The van der Waals surface area contributed by atoms with Crippen LogP contribution in [0.1, 0.15) is 30.3 Å². The third-order valence-electron chi connectivity index (χ3n) is 5.34. The number of fused-ring (bicyclic) bond motifs is 1. The van der Waals surface area contributed by atoms with Crippen LogP contribution in [0.25, 0.3) is 11.0 Å². The summed E-state index contributed by atoms with van der Waals surface area (Å²) in [6.45, 7) is 2.47. The molecule has 28 heavy (non-hydrogen) atoms. The van der Waals surface area contributed by atoms with Gasteiger partial charge in [0.2, 0.25) is 0 Å². The number of amides is 2. The van der Waals surface area contributed by atoms with E-state index >= 15 is 0 Å². The quantitative estimate of drug-likeness (QED) is 0.748. The number of nitrogens with zero attached hydrogens (tertiary/aromatic N) is 4. The number of carbonyl (C=O) groups excluding carboxylic acids is 1. The lowest BCUT2D eigenvalue weighted by Gasteiger charge is -2.24. The zero-order valence-corrected chi connectivity index (χ0v) is 16.4. The van der Waals surface area contributed by atoms with Crippen molar-refractivity contribution < 1.29 is 14.1 Å². The topological polar surface area (TPSA) is 94.5 Å². The van der Waals surface area contributed by atoms with Crippen LogP contribution in [-0.2, 0) is 14.1 Å². The molecule has 3 aromatic rings. The van der Waals surface area contributed by atoms with Gasteiger partial charge in [0.25, 0.3) is 0 Å². The summed E-state index contributed by atoms with van der Waals surface area (Å²) in [4.78, 5) is 27.0. The summed E-state index contributed by atoms with van der Waals surface area (Å²) in [6, 6.07) is 5.03. The first-order valence-corrected chi connectivity index (χ1v) is 9.15. The summed E-state index contributed by atoms with van der Waals surface area (Å²) < 4.78 is 13.7. The number of anilines is 1. The lowest BCUT2D eigenvalue weighted by atomic mass is 10.1. The van der Waals surface area contributed by atoms with E-state index in [-0.39, 0.29) is 17.8 Å². The fraction of sp³-hybridized carbons (Fsp3) is 0.421. The average molecular weight is 385 g/mol. The molecule has 1 aromatic carbocycles. The van der Waals surface area contributed by atoms with E-state index < -0.39 is 0 Å². The Morgan fingerprint density at radius 1 is 1.25 bits per heavy atom. The zero-order chi connectivity index (χ0) is 20.0. The number of imidazole rings is 1. The summed E-state index contributed by atoms with van der Waals surface area (Å²) in [5.41, 5.74) is 2.59. The molecule has 0 saturated carbocycles. The summed E-state index contributed by atoms with van der Waals surface area (Å²) in [6.07, 6.45) is 1.73. The summed E-state index contributed by atoms with van der Waals surface area (Å²) in [5, 5.41) is 7.01. The Kier molecular flexibility index (Phi) is 4.37. The highest BCUT2D eigenvalue weighted by Gasteiger charge is 2.32. The van der Waals surface area contributed by atoms with Crippen LogP contribution in [0.3, 0.4) is 0 Å². The number of urea groups is 1. The smallest absolute Gasteiger partial charge is 0.328 e. The number of aryl methyl sites for hydroxylation is 3. The van der Waals surface area contributed by atoms with Crippen molar-refractivity contribution >= 4 is 22.8 Å². The molecule has 1 saturated heterocycles. The number of rotatable bonds is 3. The third kappa shape index (κ3) is 2.83. The molecule has 1 aliphatic rings. The maximum atomic E-state index is 13.0. The Morgan fingerprint density at radius 3 is 2.61 bits per heavy atom. The Hall–Kier alpha value is -3.23. The molecule has 4 rings (SSSR count). The maximum Gasteiger partial charge on any atom is 0.328 e. The summed E-state index contributed by atoms with van der Waals surface area (Å²) in [5.74, 6) is 1.22. The highest BCUT2D eigenvalue weighted by Crippen LogP contribution is 2.34. The van der Waals surface area contributed by atoms with Crippen molar-refractivity contribution in [2.45, 2.75) is 25.8 Å². The van der Waals surface area contributed by atoms with E-state index in [1.165, 1.54) is 7.11 Å². The molecule has 2 amide bonds. The molecule has 1 fully saturated rings. The highest BCUT2D eigenvalue weighted by molar-refractivity contribution is 5.95. The molecular weight excluding hydrogens is 362 g/mol. The van der Waals surface area contributed by atoms with E-state index in [0.717, 1.165) is 29.8 Å². The van der Waals surface area contributed by atoms with Gasteiger partial charge in [0.15, 0.2) is 0 Å². The molecule has 1 N–H and O–H groups in total. The molecule has 1 aliphatic heterocycles. The first-order chi connectivity index (χ1) is 13.4. The Labute approximate surface area is 161 Å². The monoisotopic (exact) mass is 385 g/mol. The number of methoxy groups -OCH3 is 1. The molecule has 2 aromatic heterocycles. The van der Waals surface area contributed by atoms with Gasteiger partial charge in [-0.2, -0.15) is 0 Å². The largest absolute Gasteiger partial charge is 0.494 e. The van der Waals surface area contributed by atoms with Crippen LogP contribution >= 0.6 is 0 Å². The summed E-state index contributed by atoms with van der Waals surface area (Å²) >= 11 is 0. The molecule has 0 bridgehead atoms. The van der Waals surface area contributed by atoms with E-state index in [2.05, 4.69) is 10.5 Å². The van der Waals surface area contributed by atoms with Gasteiger partial charge < -0.3 is 19.5 Å². The molecule has 1 atom stereocenters. The van der Waals surface area contributed by atoms with Crippen molar-refractivity contribution in [2.24, 2.45) is 14.1 Å². The molecule has 9 heteroatoms. The minimum Gasteiger partial charge on any atom is -0.494 e. The summed E-state index contributed by atoms with van der Waals surface area (Å²) in [7, 11) is 4.94. The molecule has 0 radical (unpaired) electrons. The first-order valence-electron chi connectivity index (χ1n) is 9.15. The van der Waals surface area contributed by atoms with Crippen LogP contribution in [0.2, 0.25) is 0 Å². The van der Waals surface area contributed by atoms with Gasteiger partial charge in [-0.25, -0.2) is 9.59 Å². The zero-order valence-electron chi connectivity index (χ0n) is 16.4. The van der Waals surface area contributed by atoms with Crippen LogP contribution in [0.5, 0.6) is 5.75 Å². The number of benzene rings is 1. The molecular formula is C19H23N5O4. The van der Waals surface area contributed by atoms with E-state index in [1.807, 2.05) is 13.0 Å². The third-order valence-corrected chi connectivity index (χ3v) is 5.34. The molecule has 9 nitrogen and oxygen atoms in total. The van der Waals surface area contributed by atoms with Crippen molar-refractivity contribution in [3.8, 4) is 5.75 Å². The number of ether oxygens (including phenoxy) is 1. The number of carbonyl (C=O) groups is 1. The van der Waals surface area contributed by atoms with Gasteiger partial charge in [-0.1, -0.05) is 5.16 Å². The van der Waals surface area contributed by atoms with Gasteiger partial charge in [0.1, 0.15) is 17.2 Å². The van der Waals surface area contributed by atoms with Gasteiger partial charge in [0.05, 0.1) is 29.9 Å². The Morgan fingerprint density at radius 2 is 1.96 bits per heavy atom. The highest BCUT2D eigenvalue weighted by atomic mass is 16.5. The lowest BCUT2D eigenvalue weighted by Crippen LogP contribution is -2.34.